The Morgan fingerprint density at radius 2 is 1.90 bits per heavy atom. The molecule has 0 spiro atoms. The highest BCUT2D eigenvalue weighted by Crippen LogP contribution is 2.38. The Hall–Kier alpha value is -5.19. The van der Waals surface area contributed by atoms with Crippen LogP contribution in [0.25, 0.3) is 22.4 Å². The number of halogens is 2. The first kappa shape index (κ1) is 27.0. The molecular formula is C31H28F2N8O. The van der Waals surface area contributed by atoms with E-state index in [0.717, 1.165) is 16.8 Å². The molecule has 5 heterocycles. The summed E-state index contributed by atoms with van der Waals surface area (Å²) < 4.78 is 30.0. The molecule has 42 heavy (non-hydrogen) atoms. The van der Waals surface area contributed by atoms with Crippen molar-refractivity contribution in [1.82, 2.24) is 15.0 Å². The van der Waals surface area contributed by atoms with Gasteiger partial charge >= 0.3 is 0 Å². The van der Waals surface area contributed by atoms with Gasteiger partial charge in [0.15, 0.2) is 0 Å². The maximum atomic E-state index is 16.5. The van der Waals surface area contributed by atoms with Crippen LogP contribution in [-0.4, -0.2) is 40.3 Å². The molecule has 3 aromatic heterocycles. The van der Waals surface area contributed by atoms with E-state index in [0.29, 0.717) is 59.1 Å². The second kappa shape index (κ2) is 11.0. The van der Waals surface area contributed by atoms with Crippen molar-refractivity contribution in [2.75, 3.05) is 29.2 Å². The summed E-state index contributed by atoms with van der Waals surface area (Å²) in [6.45, 7) is 2.18. The summed E-state index contributed by atoms with van der Waals surface area (Å²) in [5.41, 5.74) is 12.3. The highest BCUT2D eigenvalue weighted by molar-refractivity contribution is 6.19. The average molecular weight is 567 g/mol. The zero-order valence-electron chi connectivity index (χ0n) is 23.1. The van der Waals surface area contributed by atoms with Crippen molar-refractivity contribution in [3.63, 3.8) is 0 Å². The molecule has 0 fully saturated rings. The number of anilines is 3. The second-order valence-corrected chi connectivity index (χ2v) is 10.2. The summed E-state index contributed by atoms with van der Waals surface area (Å²) in [7, 11) is 1.79. The van der Waals surface area contributed by atoms with Gasteiger partial charge in [-0.2, -0.15) is 0 Å². The Bertz CT molecular complexity index is 1770. The first-order valence-corrected chi connectivity index (χ1v) is 13.5. The lowest BCUT2D eigenvalue weighted by Gasteiger charge is -2.30. The Kier molecular flexibility index (Phi) is 7.07. The minimum Gasteiger partial charge on any atom is -0.400 e. The van der Waals surface area contributed by atoms with Gasteiger partial charge in [-0.25, -0.2) is 13.8 Å². The molecule has 2 aliphatic rings. The van der Waals surface area contributed by atoms with Crippen LogP contribution in [0.2, 0.25) is 0 Å². The summed E-state index contributed by atoms with van der Waals surface area (Å²) in [5.74, 6) is -0.573. The maximum Gasteiger partial charge on any atom is 0.224 e. The lowest BCUT2D eigenvalue weighted by molar-refractivity contribution is -0.116. The third-order valence-electron chi connectivity index (χ3n) is 7.20. The number of carbonyl (C=O) groups is 1. The molecule has 9 nitrogen and oxygen atoms in total. The van der Waals surface area contributed by atoms with Crippen LogP contribution in [0.5, 0.6) is 0 Å². The summed E-state index contributed by atoms with van der Waals surface area (Å²) in [6, 6.07) is 9.61. The van der Waals surface area contributed by atoms with Crippen LogP contribution in [0.15, 0.2) is 77.6 Å². The standard InChI is InChI=1S/C31H28F2N8O/c1-3-4-25(42)39-20-11-18(13-35-14-20)22-15-37-31-26(27(22)33)30(38-16-41(31)2)29-23(34)12-21-24(40-29)9-10-36-28(21)17-5-7-19(32)8-6-17/h5-11,13-15,40H,3-4,12,16,34H2,1-2H3,(H,39,42). The number of hydrogen-bond donors (Lipinski definition) is 3. The number of nitrogens with two attached hydrogens (primary N) is 1. The van der Waals surface area contributed by atoms with Crippen molar-refractivity contribution in [2.24, 2.45) is 10.7 Å². The third-order valence-corrected chi connectivity index (χ3v) is 7.20. The van der Waals surface area contributed by atoms with Crippen LogP contribution in [0.3, 0.4) is 0 Å². The molecule has 0 atom stereocenters. The molecular weight excluding hydrogens is 538 g/mol. The van der Waals surface area contributed by atoms with E-state index < -0.39 is 5.82 Å². The first-order chi connectivity index (χ1) is 20.3. The van der Waals surface area contributed by atoms with Gasteiger partial charge in [0.2, 0.25) is 5.91 Å². The molecule has 1 aromatic carbocycles. The van der Waals surface area contributed by atoms with E-state index in [1.165, 1.54) is 30.7 Å². The van der Waals surface area contributed by atoms with Crippen LogP contribution in [0.1, 0.15) is 30.9 Å². The van der Waals surface area contributed by atoms with Gasteiger partial charge in [-0.3, -0.25) is 19.8 Å². The minimum atomic E-state index is -0.529. The van der Waals surface area contributed by atoms with E-state index >= 15 is 4.39 Å². The summed E-state index contributed by atoms with van der Waals surface area (Å²) in [5, 5.41) is 6.16. The van der Waals surface area contributed by atoms with Gasteiger partial charge in [-0.05, 0) is 42.8 Å². The minimum absolute atomic E-state index is 0.139. The molecule has 0 bridgehead atoms. The number of aliphatic imine (C=N–C) groups is 1. The normalized spacial score (nSPS) is 14.1. The number of aromatic nitrogens is 3. The Morgan fingerprint density at radius 1 is 1.10 bits per heavy atom. The van der Waals surface area contributed by atoms with E-state index in [1.807, 2.05) is 13.0 Å². The molecule has 1 amide bonds. The number of allylic oxidation sites excluding steroid dienone is 2. The fraction of sp³-hybridized carbons (Fsp3) is 0.194. The van der Waals surface area contributed by atoms with Gasteiger partial charge in [-0.1, -0.05) is 6.92 Å². The molecule has 4 N–H and O–H groups in total. The van der Waals surface area contributed by atoms with Crippen LogP contribution in [-0.2, 0) is 11.2 Å². The van der Waals surface area contributed by atoms with E-state index in [2.05, 4.69) is 25.6 Å². The summed E-state index contributed by atoms with van der Waals surface area (Å²) in [6.07, 6.45) is 7.58. The van der Waals surface area contributed by atoms with Crippen molar-refractivity contribution in [1.29, 1.82) is 0 Å². The van der Waals surface area contributed by atoms with Crippen LogP contribution >= 0.6 is 0 Å². The predicted octanol–water partition coefficient (Wildman–Crippen LogP) is 5.26. The molecule has 0 unspecified atom stereocenters. The number of hydrogen-bond acceptors (Lipinski definition) is 8. The number of rotatable bonds is 6. The number of fused-ring (bicyclic) bond motifs is 2. The number of pyridine rings is 3. The molecule has 2 aliphatic heterocycles. The van der Waals surface area contributed by atoms with Gasteiger partial charge in [0.1, 0.15) is 24.1 Å². The van der Waals surface area contributed by atoms with Gasteiger partial charge in [0, 0.05) is 72.1 Å². The lowest BCUT2D eigenvalue weighted by Crippen LogP contribution is -2.33. The van der Waals surface area contributed by atoms with Gasteiger partial charge < -0.3 is 21.3 Å². The van der Waals surface area contributed by atoms with Crippen molar-refractivity contribution in [3.8, 4) is 22.4 Å². The number of benzene rings is 1. The highest BCUT2D eigenvalue weighted by atomic mass is 19.1. The number of carbonyl (C=O) groups excluding carboxylic acids is 1. The van der Waals surface area contributed by atoms with Gasteiger partial charge in [-0.15, -0.1) is 0 Å². The number of nitrogens with one attached hydrogen (secondary N) is 2. The Labute approximate surface area is 241 Å². The number of amides is 1. The van der Waals surface area contributed by atoms with Crippen molar-refractivity contribution in [3.05, 3.63) is 95.3 Å². The zero-order chi connectivity index (χ0) is 29.4. The van der Waals surface area contributed by atoms with Crippen molar-refractivity contribution < 1.29 is 13.6 Å². The Balaban J connectivity index is 1.39. The smallest absolute Gasteiger partial charge is 0.224 e. The fourth-order valence-electron chi connectivity index (χ4n) is 5.16. The van der Waals surface area contributed by atoms with Crippen LogP contribution < -0.4 is 21.3 Å². The largest absolute Gasteiger partial charge is 0.400 e. The molecule has 0 saturated carbocycles. The lowest BCUT2D eigenvalue weighted by atomic mass is 9.93. The van der Waals surface area contributed by atoms with E-state index in [1.54, 1.807) is 36.3 Å². The fourth-order valence-corrected chi connectivity index (χ4v) is 5.16. The molecule has 0 saturated heterocycles. The van der Waals surface area contributed by atoms with E-state index in [9.17, 15) is 9.18 Å². The SMILES string of the molecule is CCCC(=O)Nc1cncc(-c2cnc3c(c2F)C(C2=C(N)Cc4c(ccnc4-c4ccc(F)cc4)N2)=NCN3C)c1. The van der Waals surface area contributed by atoms with Gasteiger partial charge in [0.05, 0.1) is 34.6 Å². The molecule has 4 aromatic rings. The van der Waals surface area contributed by atoms with Crippen molar-refractivity contribution >= 4 is 28.8 Å². The molecule has 11 heteroatoms. The van der Waals surface area contributed by atoms with Crippen LogP contribution in [0, 0.1) is 11.6 Å². The zero-order valence-corrected chi connectivity index (χ0v) is 23.1. The van der Waals surface area contributed by atoms with Crippen molar-refractivity contribution in [2.45, 2.75) is 26.2 Å². The quantitative estimate of drug-likeness (QED) is 0.291. The second-order valence-electron chi connectivity index (χ2n) is 10.2. The van der Waals surface area contributed by atoms with Crippen LogP contribution in [0.4, 0.5) is 26.0 Å². The molecule has 0 radical (unpaired) electrons. The predicted molar refractivity (Wildman–Crippen MR) is 159 cm³/mol. The average Bonchev–Trinajstić information content (AvgIpc) is 2.98. The summed E-state index contributed by atoms with van der Waals surface area (Å²) >= 11 is 0. The Morgan fingerprint density at radius 3 is 2.69 bits per heavy atom. The molecule has 0 aliphatic carbocycles. The molecule has 6 rings (SSSR count). The topological polar surface area (TPSA) is 121 Å². The number of nitrogens with zero attached hydrogens (tertiary/aromatic N) is 5. The highest BCUT2D eigenvalue weighted by Gasteiger charge is 2.32. The monoisotopic (exact) mass is 566 g/mol. The van der Waals surface area contributed by atoms with E-state index in [-0.39, 0.29) is 29.5 Å². The van der Waals surface area contributed by atoms with E-state index in [4.69, 9.17) is 10.7 Å². The maximum absolute atomic E-state index is 16.5. The molecule has 212 valence electrons. The summed E-state index contributed by atoms with van der Waals surface area (Å²) in [4.78, 5) is 31.9. The third kappa shape index (κ3) is 4.93. The first-order valence-electron chi connectivity index (χ1n) is 13.5. The van der Waals surface area contributed by atoms with Gasteiger partial charge in [0.25, 0.3) is 0 Å².